The molecule has 4 rings (SSSR count). The zero-order valence-corrected chi connectivity index (χ0v) is 23.8. The van der Waals surface area contributed by atoms with E-state index in [4.69, 9.17) is 31.2 Å². The van der Waals surface area contributed by atoms with Crippen molar-refractivity contribution in [3.63, 3.8) is 0 Å². The first kappa shape index (κ1) is 33.6. The quantitative estimate of drug-likeness (QED) is 0.0751. The third-order valence-electron chi connectivity index (χ3n) is 7.61. The van der Waals surface area contributed by atoms with Crippen molar-refractivity contribution >= 4 is 22.9 Å². The summed E-state index contributed by atoms with van der Waals surface area (Å²) in [4.78, 5) is 13.1. The number of Topliss-reactive ketones (excluding diaryl/α,β-unsaturated/α-hetero) is 1. The molecule has 2 fully saturated rings. The van der Waals surface area contributed by atoms with Crippen LogP contribution in [0.4, 0.5) is 0 Å². The summed E-state index contributed by atoms with van der Waals surface area (Å²) in [5, 5.41) is 82.5. The molecule has 10 atom stereocenters. The minimum atomic E-state index is -2.42. The van der Waals surface area contributed by atoms with E-state index in [2.05, 4.69) is 0 Å². The van der Waals surface area contributed by atoms with Gasteiger partial charge >= 0.3 is 0 Å². The zero-order valence-electron chi connectivity index (χ0n) is 23.0. The van der Waals surface area contributed by atoms with Crippen LogP contribution in [0.15, 0.2) is 54.6 Å². The van der Waals surface area contributed by atoms with Crippen molar-refractivity contribution in [3.8, 4) is 11.1 Å². The first-order valence-corrected chi connectivity index (χ1v) is 14.0. The number of ketones is 1. The number of hydrogen-bond donors (Lipinski definition) is 8. The minimum absolute atomic E-state index is 0.0506. The van der Waals surface area contributed by atoms with Gasteiger partial charge in [0.1, 0.15) is 48.3 Å². The lowest BCUT2D eigenvalue weighted by Gasteiger charge is -2.50. The van der Waals surface area contributed by atoms with Gasteiger partial charge in [-0.25, -0.2) is 0 Å². The van der Waals surface area contributed by atoms with Gasteiger partial charge in [0, 0.05) is 12.0 Å². The molecule has 0 saturated carbocycles. The van der Waals surface area contributed by atoms with Gasteiger partial charge in [-0.2, -0.15) is 0 Å². The Bertz CT molecular complexity index is 1230. The van der Waals surface area contributed by atoms with Crippen molar-refractivity contribution in [1.29, 1.82) is 0 Å². The fourth-order valence-corrected chi connectivity index (χ4v) is 5.29. The second kappa shape index (κ2) is 14.7. The molecule has 14 heteroatoms. The van der Waals surface area contributed by atoms with Crippen molar-refractivity contribution in [2.75, 3.05) is 26.4 Å². The summed E-state index contributed by atoms with van der Waals surface area (Å²) in [6, 6.07) is 16.2. The van der Waals surface area contributed by atoms with Gasteiger partial charge in [-0.15, -0.1) is 0 Å². The Morgan fingerprint density at radius 2 is 1.47 bits per heavy atom. The molecule has 0 amide bonds. The molecule has 13 nitrogen and oxygen atoms in total. The molecule has 2 aromatic carbocycles. The molecule has 0 aromatic heterocycles. The van der Waals surface area contributed by atoms with E-state index >= 15 is 0 Å². The molecular formula is C29H36O13S. The summed E-state index contributed by atoms with van der Waals surface area (Å²) >= 11 is 5.31. The Hall–Kier alpha value is -2.28. The summed E-state index contributed by atoms with van der Waals surface area (Å²) in [6.45, 7) is -2.17. The van der Waals surface area contributed by atoms with Crippen LogP contribution in [0.3, 0.4) is 0 Å². The highest BCUT2D eigenvalue weighted by atomic mass is 32.1. The van der Waals surface area contributed by atoms with Crippen LogP contribution < -0.4 is 0 Å². The number of aliphatic hydroxyl groups is 8. The summed E-state index contributed by atoms with van der Waals surface area (Å²) in [6.07, 6.45) is -16.0. The molecular weight excluding hydrogens is 588 g/mol. The van der Waals surface area contributed by atoms with Crippen molar-refractivity contribution in [2.24, 2.45) is 0 Å². The standard InChI is InChI=1S/C29H36O13S/c30-12-18-22(33)24(35)25(36)27(40-18)42-26-23(34)19(13-31)41-28(37)29(26,38)10-11-39-14-20(43)21(32)17-9-5-4-8-16(17)15-6-2-1-3-7-15/h1-9,18-19,22-28,30-31,33-38H,10-14H2/t18-,19-,22+,23+,24+,25-,26+,27-,28-,29-/m1/s1. The van der Waals surface area contributed by atoms with Crippen LogP contribution in [0.25, 0.3) is 11.1 Å². The molecule has 2 heterocycles. The van der Waals surface area contributed by atoms with Crippen LogP contribution in [0, 0.1) is 0 Å². The number of rotatable bonds is 12. The van der Waals surface area contributed by atoms with Crippen LogP contribution in [-0.4, -0.2) is 139 Å². The molecule has 0 radical (unpaired) electrons. The molecule has 0 unspecified atom stereocenters. The lowest BCUT2D eigenvalue weighted by molar-refractivity contribution is -0.381. The molecule has 2 aliphatic rings. The van der Waals surface area contributed by atoms with E-state index in [9.17, 15) is 45.6 Å². The lowest BCUT2D eigenvalue weighted by atomic mass is 9.83. The largest absolute Gasteiger partial charge is 0.394 e. The highest BCUT2D eigenvalue weighted by Gasteiger charge is 2.57. The fraction of sp³-hybridized carbons (Fsp3) is 0.517. The normalized spacial score (nSPS) is 34.6. The molecule has 8 N–H and O–H groups in total. The Balaban J connectivity index is 1.43. The summed E-state index contributed by atoms with van der Waals surface area (Å²) in [7, 11) is 0. The maximum absolute atomic E-state index is 13.2. The van der Waals surface area contributed by atoms with Crippen molar-refractivity contribution in [2.45, 2.75) is 67.3 Å². The van der Waals surface area contributed by atoms with Crippen LogP contribution >= 0.6 is 12.2 Å². The Labute approximate surface area is 252 Å². The maximum Gasteiger partial charge on any atom is 0.202 e. The Morgan fingerprint density at radius 1 is 0.837 bits per heavy atom. The van der Waals surface area contributed by atoms with Gasteiger partial charge in [0.2, 0.25) is 5.78 Å². The smallest absolute Gasteiger partial charge is 0.202 e. The molecule has 0 spiro atoms. The van der Waals surface area contributed by atoms with Gasteiger partial charge in [0.15, 0.2) is 12.6 Å². The van der Waals surface area contributed by atoms with Crippen LogP contribution in [0.5, 0.6) is 0 Å². The van der Waals surface area contributed by atoms with Gasteiger partial charge < -0.3 is 59.8 Å². The van der Waals surface area contributed by atoms with E-state index in [1.807, 2.05) is 30.3 Å². The Kier molecular flexibility index (Phi) is 11.5. The molecule has 0 aliphatic carbocycles. The molecule has 236 valence electrons. The number of thiocarbonyl (C=S) groups is 1. The van der Waals surface area contributed by atoms with Gasteiger partial charge in [0.25, 0.3) is 0 Å². The maximum atomic E-state index is 13.2. The van der Waals surface area contributed by atoms with Gasteiger partial charge in [-0.3, -0.25) is 4.79 Å². The number of benzene rings is 2. The highest BCUT2D eigenvalue weighted by molar-refractivity contribution is 7.82. The van der Waals surface area contributed by atoms with Crippen LogP contribution in [0.2, 0.25) is 0 Å². The van der Waals surface area contributed by atoms with Crippen molar-refractivity contribution < 1.29 is 64.6 Å². The third-order valence-corrected chi connectivity index (χ3v) is 7.92. The molecule has 2 saturated heterocycles. The van der Waals surface area contributed by atoms with Crippen LogP contribution in [-0.2, 0) is 18.9 Å². The second-order valence-corrected chi connectivity index (χ2v) is 10.9. The van der Waals surface area contributed by atoms with Crippen LogP contribution in [0.1, 0.15) is 16.8 Å². The Morgan fingerprint density at radius 3 is 2.14 bits per heavy atom. The molecule has 43 heavy (non-hydrogen) atoms. The molecule has 0 bridgehead atoms. The summed E-state index contributed by atoms with van der Waals surface area (Å²) < 4.78 is 21.7. The van der Waals surface area contributed by atoms with E-state index in [0.717, 1.165) is 5.56 Å². The summed E-state index contributed by atoms with van der Waals surface area (Å²) in [5.74, 6) is -0.431. The van der Waals surface area contributed by atoms with E-state index in [1.165, 1.54) is 0 Å². The lowest BCUT2D eigenvalue weighted by Crippen LogP contribution is -2.70. The van der Waals surface area contributed by atoms with Gasteiger partial charge in [0.05, 0.1) is 31.3 Å². The fourth-order valence-electron chi connectivity index (χ4n) is 5.10. The average Bonchev–Trinajstić information content (AvgIpc) is 3.03. The number of aliphatic hydroxyl groups excluding tert-OH is 7. The van der Waals surface area contributed by atoms with Crippen molar-refractivity contribution in [3.05, 3.63) is 60.2 Å². The number of carbonyl (C=O) groups excluding carboxylic acids is 1. The second-order valence-electron chi connectivity index (χ2n) is 10.4. The van der Waals surface area contributed by atoms with Crippen molar-refractivity contribution in [1.82, 2.24) is 0 Å². The van der Waals surface area contributed by atoms with Gasteiger partial charge in [-0.1, -0.05) is 66.8 Å². The van der Waals surface area contributed by atoms with E-state index in [-0.39, 0.29) is 18.1 Å². The first-order chi connectivity index (χ1) is 20.5. The van der Waals surface area contributed by atoms with E-state index in [0.29, 0.717) is 11.1 Å². The third kappa shape index (κ3) is 7.18. The minimum Gasteiger partial charge on any atom is -0.394 e. The molecule has 2 aromatic rings. The predicted octanol–water partition coefficient (Wildman–Crippen LogP) is -1.70. The SMILES string of the molecule is O=C(C(=S)COCC[C@]1(O)[C@H](O)O[C@H](CO)[C@H](O)[C@@H]1O[C@H]1O[C@H](CO)[C@H](O)[C@H](O)[C@H]1O)c1ccccc1-c1ccccc1. The zero-order chi connectivity index (χ0) is 31.3. The molecule has 2 aliphatic heterocycles. The monoisotopic (exact) mass is 624 g/mol. The number of ether oxygens (including phenoxy) is 4. The van der Waals surface area contributed by atoms with Gasteiger partial charge in [-0.05, 0) is 11.1 Å². The number of carbonyl (C=O) groups is 1. The topological polar surface area (TPSA) is 216 Å². The first-order valence-electron chi connectivity index (χ1n) is 13.6. The average molecular weight is 625 g/mol. The summed E-state index contributed by atoms with van der Waals surface area (Å²) in [5.41, 5.74) is -0.528. The number of hydrogen-bond acceptors (Lipinski definition) is 14. The van der Waals surface area contributed by atoms with E-state index < -0.39 is 86.3 Å². The highest BCUT2D eigenvalue weighted by Crippen LogP contribution is 2.36. The van der Waals surface area contributed by atoms with E-state index in [1.54, 1.807) is 24.3 Å². The predicted molar refractivity (Wildman–Crippen MR) is 152 cm³/mol.